The normalized spacial score (nSPS) is 18.1. The zero-order valence-corrected chi connectivity index (χ0v) is 14.0. The number of benzene rings is 1. The molecule has 0 saturated carbocycles. The molecule has 2 rings (SSSR count). The van der Waals surface area contributed by atoms with E-state index in [2.05, 4.69) is 37.2 Å². The first-order chi connectivity index (χ1) is 9.06. The second kappa shape index (κ2) is 6.37. The van der Waals surface area contributed by atoms with E-state index in [1.807, 2.05) is 25.1 Å². The van der Waals surface area contributed by atoms with Crippen LogP contribution in [0.25, 0.3) is 0 Å². The monoisotopic (exact) mass is 389 g/mol. The molecule has 1 aromatic carbocycles. The lowest BCUT2D eigenvalue weighted by Crippen LogP contribution is -2.53. The zero-order valence-electron chi connectivity index (χ0n) is 10.8. The Balaban J connectivity index is 2.12. The van der Waals surface area contributed by atoms with Gasteiger partial charge in [0.1, 0.15) is 0 Å². The number of carbonyl (C=O) groups is 1. The summed E-state index contributed by atoms with van der Waals surface area (Å²) in [5.41, 5.74) is 1.62. The maximum absolute atomic E-state index is 12.3. The van der Waals surface area contributed by atoms with E-state index >= 15 is 0 Å². The molecule has 0 aliphatic carbocycles. The zero-order chi connectivity index (χ0) is 13.9. The summed E-state index contributed by atoms with van der Waals surface area (Å²) in [6.45, 7) is 3.40. The van der Waals surface area contributed by atoms with Crippen LogP contribution in [-0.4, -0.2) is 30.0 Å². The number of hydrogen-bond acceptors (Lipinski definition) is 2. The van der Waals surface area contributed by atoms with Gasteiger partial charge in [-0.1, -0.05) is 37.9 Å². The summed E-state index contributed by atoms with van der Waals surface area (Å²) < 4.78 is 6.33. The molecule has 0 atom stereocenters. The molecule has 1 aliphatic heterocycles. The Bertz CT molecular complexity index is 471. The Morgan fingerprint density at radius 3 is 2.68 bits per heavy atom. The van der Waals surface area contributed by atoms with Crippen LogP contribution in [0, 0.1) is 6.92 Å². The molecule has 1 aromatic rings. The highest BCUT2D eigenvalue weighted by atomic mass is 79.9. The van der Waals surface area contributed by atoms with Crippen LogP contribution in [0.1, 0.15) is 28.8 Å². The fourth-order valence-corrected chi connectivity index (χ4v) is 3.18. The Labute approximate surface area is 130 Å². The average molecular weight is 391 g/mol. The van der Waals surface area contributed by atoms with Crippen LogP contribution in [0.2, 0.25) is 0 Å². The Morgan fingerprint density at radius 2 is 2.11 bits per heavy atom. The van der Waals surface area contributed by atoms with Gasteiger partial charge in [0.2, 0.25) is 0 Å². The molecule has 1 aliphatic rings. The number of hydrogen-bond donors (Lipinski definition) is 1. The highest BCUT2D eigenvalue weighted by Gasteiger charge is 2.33. The summed E-state index contributed by atoms with van der Waals surface area (Å²) in [5.74, 6) is -0.0259. The summed E-state index contributed by atoms with van der Waals surface area (Å²) >= 11 is 6.98. The van der Waals surface area contributed by atoms with Crippen molar-refractivity contribution in [2.24, 2.45) is 0 Å². The second-order valence-corrected chi connectivity index (χ2v) is 6.36. The van der Waals surface area contributed by atoms with Crippen molar-refractivity contribution in [2.75, 3.05) is 18.5 Å². The fraction of sp³-hybridized carbons (Fsp3) is 0.500. The van der Waals surface area contributed by atoms with E-state index in [0.29, 0.717) is 18.8 Å². The SMILES string of the molecule is Cc1ccc(C(=O)NC2(CBr)CCOCC2)cc1Br. The summed E-state index contributed by atoms with van der Waals surface area (Å²) in [4.78, 5) is 12.3. The van der Waals surface area contributed by atoms with E-state index in [-0.39, 0.29) is 11.4 Å². The summed E-state index contributed by atoms with van der Waals surface area (Å²) in [6.07, 6.45) is 1.69. The highest BCUT2D eigenvalue weighted by Crippen LogP contribution is 2.24. The predicted molar refractivity (Wildman–Crippen MR) is 82.9 cm³/mol. The van der Waals surface area contributed by atoms with Crippen molar-refractivity contribution in [1.29, 1.82) is 0 Å². The number of ether oxygens (including phenoxy) is 1. The van der Waals surface area contributed by atoms with Crippen LogP contribution >= 0.6 is 31.9 Å². The third-order valence-corrected chi connectivity index (χ3v) is 5.45. The minimum absolute atomic E-state index is 0.0259. The summed E-state index contributed by atoms with van der Waals surface area (Å²) in [5, 5.41) is 3.91. The number of carbonyl (C=O) groups excluding carboxylic acids is 1. The van der Waals surface area contributed by atoms with Crippen molar-refractivity contribution < 1.29 is 9.53 Å². The predicted octanol–water partition coefficient (Wildman–Crippen LogP) is 3.43. The van der Waals surface area contributed by atoms with Gasteiger partial charge in [-0.2, -0.15) is 0 Å². The van der Waals surface area contributed by atoms with Crippen LogP contribution in [0.5, 0.6) is 0 Å². The van der Waals surface area contributed by atoms with Gasteiger partial charge < -0.3 is 10.1 Å². The standard InChI is InChI=1S/C14H17Br2NO2/c1-10-2-3-11(8-12(10)16)13(18)17-14(9-15)4-6-19-7-5-14/h2-3,8H,4-7,9H2,1H3,(H,17,18). The van der Waals surface area contributed by atoms with Crippen LogP contribution in [0.15, 0.2) is 22.7 Å². The van der Waals surface area contributed by atoms with Gasteiger partial charge in [-0.05, 0) is 37.5 Å². The molecule has 1 saturated heterocycles. The van der Waals surface area contributed by atoms with E-state index in [0.717, 1.165) is 28.2 Å². The summed E-state index contributed by atoms with van der Waals surface area (Å²) in [6, 6.07) is 5.67. The van der Waals surface area contributed by atoms with Gasteiger partial charge in [-0.3, -0.25) is 4.79 Å². The van der Waals surface area contributed by atoms with Crippen molar-refractivity contribution in [3.63, 3.8) is 0 Å². The van der Waals surface area contributed by atoms with E-state index < -0.39 is 0 Å². The molecule has 5 heteroatoms. The van der Waals surface area contributed by atoms with Gasteiger partial charge in [0.25, 0.3) is 5.91 Å². The Hall–Kier alpha value is -0.390. The van der Waals surface area contributed by atoms with E-state index in [1.54, 1.807) is 0 Å². The van der Waals surface area contributed by atoms with Crippen LogP contribution in [-0.2, 0) is 4.74 Å². The molecule has 1 heterocycles. The van der Waals surface area contributed by atoms with Gasteiger partial charge in [0, 0.05) is 28.6 Å². The number of alkyl halides is 1. The third kappa shape index (κ3) is 3.58. The van der Waals surface area contributed by atoms with Crippen molar-refractivity contribution >= 4 is 37.8 Å². The molecule has 0 spiro atoms. The lowest BCUT2D eigenvalue weighted by atomic mass is 9.92. The molecule has 104 valence electrons. The quantitative estimate of drug-likeness (QED) is 0.803. The minimum atomic E-state index is -0.188. The number of aryl methyl sites for hydroxylation is 1. The molecule has 1 amide bonds. The molecular weight excluding hydrogens is 374 g/mol. The number of nitrogens with one attached hydrogen (secondary N) is 1. The molecule has 3 nitrogen and oxygen atoms in total. The first-order valence-corrected chi connectivity index (χ1v) is 8.20. The lowest BCUT2D eigenvalue weighted by Gasteiger charge is -2.36. The van der Waals surface area contributed by atoms with Gasteiger partial charge in [-0.15, -0.1) is 0 Å². The van der Waals surface area contributed by atoms with Gasteiger partial charge in [0.15, 0.2) is 0 Å². The van der Waals surface area contributed by atoms with Crippen molar-refractivity contribution in [3.05, 3.63) is 33.8 Å². The molecule has 0 aromatic heterocycles. The largest absolute Gasteiger partial charge is 0.381 e. The van der Waals surface area contributed by atoms with E-state index in [9.17, 15) is 4.79 Å². The van der Waals surface area contributed by atoms with Crippen LogP contribution in [0.4, 0.5) is 0 Å². The van der Waals surface area contributed by atoms with E-state index in [4.69, 9.17) is 4.74 Å². The Morgan fingerprint density at radius 1 is 1.42 bits per heavy atom. The van der Waals surface area contributed by atoms with Gasteiger partial charge in [0.05, 0.1) is 5.54 Å². The minimum Gasteiger partial charge on any atom is -0.381 e. The van der Waals surface area contributed by atoms with E-state index in [1.165, 1.54) is 0 Å². The summed E-state index contributed by atoms with van der Waals surface area (Å²) in [7, 11) is 0. The number of rotatable bonds is 3. The molecule has 19 heavy (non-hydrogen) atoms. The molecule has 0 unspecified atom stereocenters. The highest BCUT2D eigenvalue weighted by molar-refractivity contribution is 9.10. The fourth-order valence-electron chi connectivity index (χ4n) is 2.10. The van der Waals surface area contributed by atoms with Gasteiger partial charge in [-0.25, -0.2) is 0 Å². The molecule has 1 N–H and O–H groups in total. The maximum Gasteiger partial charge on any atom is 0.251 e. The molecule has 0 radical (unpaired) electrons. The topological polar surface area (TPSA) is 38.3 Å². The van der Waals surface area contributed by atoms with Crippen LogP contribution in [0.3, 0.4) is 0 Å². The first-order valence-electron chi connectivity index (χ1n) is 6.29. The van der Waals surface area contributed by atoms with Crippen molar-refractivity contribution in [1.82, 2.24) is 5.32 Å². The smallest absolute Gasteiger partial charge is 0.251 e. The molecule has 0 bridgehead atoms. The maximum atomic E-state index is 12.3. The molecule has 1 fully saturated rings. The average Bonchev–Trinajstić information content (AvgIpc) is 2.43. The van der Waals surface area contributed by atoms with Crippen molar-refractivity contribution in [2.45, 2.75) is 25.3 Å². The van der Waals surface area contributed by atoms with Crippen molar-refractivity contribution in [3.8, 4) is 0 Å². The van der Waals surface area contributed by atoms with Gasteiger partial charge >= 0.3 is 0 Å². The first kappa shape index (κ1) is 15.0. The number of amides is 1. The third-order valence-electron chi connectivity index (χ3n) is 3.52. The number of halogens is 2. The Kier molecular flexibility index (Phi) is 5.03. The van der Waals surface area contributed by atoms with Crippen LogP contribution < -0.4 is 5.32 Å². The second-order valence-electron chi connectivity index (χ2n) is 4.94. The molecular formula is C14H17Br2NO2. The lowest BCUT2D eigenvalue weighted by molar-refractivity contribution is 0.0442.